The first-order valence-corrected chi connectivity index (χ1v) is 8.99. The summed E-state index contributed by atoms with van der Waals surface area (Å²) in [7, 11) is 0. The second-order valence-corrected chi connectivity index (χ2v) is 7.02. The minimum Gasteiger partial charge on any atom is -0.312 e. The maximum atomic E-state index is 12.5. The number of amides is 3. The molecule has 4 heterocycles. The first kappa shape index (κ1) is 15.6. The van der Waals surface area contributed by atoms with Crippen LogP contribution in [0.4, 0.5) is 4.79 Å². The van der Waals surface area contributed by atoms with E-state index in [0.717, 1.165) is 58.3 Å². The first-order valence-electron chi connectivity index (χ1n) is 8.99. The van der Waals surface area contributed by atoms with E-state index < -0.39 is 0 Å². The maximum absolute atomic E-state index is 12.5. The zero-order valence-corrected chi connectivity index (χ0v) is 13.9. The van der Waals surface area contributed by atoms with Gasteiger partial charge < -0.3 is 9.80 Å². The monoisotopic (exact) mass is 328 g/mol. The molecule has 3 aliphatic heterocycles. The largest absolute Gasteiger partial charge is 0.327 e. The Morgan fingerprint density at radius 1 is 1.04 bits per heavy atom. The molecule has 0 aromatic carbocycles. The Balaban J connectivity index is 1.30. The van der Waals surface area contributed by atoms with Crippen LogP contribution in [0.15, 0.2) is 24.5 Å². The van der Waals surface area contributed by atoms with Crippen molar-refractivity contribution in [3.8, 4) is 0 Å². The van der Waals surface area contributed by atoms with Gasteiger partial charge in [-0.1, -0.05) is 0 Å². The smallest absolute Gasteiger partial charge is 0.312 e. The molecule has 1 aromatic rings. The minimum atomic E-state index is -0.165. The van der Waals surface area contributed by atoms with E-state index in [1.165, 1.54) is 5.56 Å². The number of carbonyl (C=O) groups excluding carboxylic acids is 2. The fourth-order valence-corrected chi connectivity index (χ4v) is 4.22. The summed E-state index contributed by atoms with van der Waals surface area (Å²) in [6.07, 6.45) is 8.28. The fraction of sp³-hybridized carbons (Fsp3) is 0.611. The normalized spacial score (nSPS) is 25.6. The van der Waals surface area contributed by atoms with Crippen LogP contribution < -0.4 is 0 Å². The number of urea groups is 1. The van der Waals surface area contributed by atoms with E-state index in [-0.39, 0.29) is 24.0 Å². The molecule has 3 fully saturated rings. The number of fused-ring (bicyclic) bond motifs is 1. The van der Waals surface area contributed by atoms with Gasteiger partial charge in [0, 0.05) is 44.6 Å². The van der Waals surface area contributed by atoms with Gasteiger partial charge in [0.05, 0.1) is 0 Å². The van der Waals surface area contributed by atoms with Gasteiger partial charge in [0.1, 0.15) is 6.04 Å². The van der Waals surface area contributed by atoms with Crippen molar-refractivity contribution in [2.24, 2.45) is 0 Å². The maximum Gasteiger partial charge on any atom is 0.327 e. The van der Waals surface area contributed by atoms with Crippen molar-refractivity contribution in [2.45, 2.75) is 44.2 Å². The summed E-state index contributed by atoms with van der Waals surface area (Å²) in [5.74, 6) is 0.0488. The molecule has 1 aromatic heterocycles. The van der Waals surface area contributed by atoms with Crippen LogP contribution in [0.5, 0.6) is 0 Å². The third-order valence-corrected chi connectivity index (χ3v) is 5.62. The third kappa shape index (κ3) is 2.79. The van der Waals surface area contributed by atoms with Crippen molar-refractivity contribution in [2.75, 3.05) is 26.2 Å². The molecular weight excluding hydrogens is 304 g/mol. The zero-order valence-electron chi connectivity index (χ0n) is 13.9. The van der Waals surface area contributed by atoms with Gasteiger partial charge in [-0.05, 0) is 49.8 Å². The molecule has 24 heavy (non-hydrogen) atoms. The number of hydrogen-bond donors (Lipinski definition) is 0. The lowest BCUT2D eigenvalue weighted by molar-refractivity contribution is -0.130. The van der Waals surface area contributed by atoms with Crippen molar-refractivity contribution in [1.29, 1.82) is 0 Å². The van der Waals surface area contributed by atoms with Gasteiger partial charge in [-0.3, -0.25) is 14.7 Å². The van der Waals surface area contributed by atoms with Gasteiger partial charge in [-0.2, -0.15) is 0 Å². The van der Waals surface area contributed by atoms with Gasteiger partial charge in [-0.25, -0.2) is 4.79 Å². The lowest BCUT2D eigenvalue weighted by Crippen LogP contribution is -2.48. The lowest BCUT2D eigenvalue weighted by Gasteiger charge is -2.35. The number of imide groups is 1. The highest BCUT2D eigenvalue weighted by Crippen LogP contribution is 2.31. The standard InChI is InChI=1S/C18H24N4O2/c23-17-16-2-1-10-21(16)18(24)22(17)15-6-12-20(13-7-15)11-5-14-3-8-19-9-4-14/h3-4,8-9,15-16H,1-2,5-7,10-13H2/t16-/m0/s1. The molecule has 3 amide bonds. The van der Waals surface area contributed by atoms with Gasteiger partial charge in [0.15, 0.2) is 0 Å². The number of rotatable bonds is 4. The molecule has 3 saturated heterocycles. The summed E-state index contributed by atoms with van der Waals surface area (Å²) in [6, 6.07) is 4.00. The predicted octanol–water partition coefficient (Wildman–Crippen LogP) is 1.52. The summed E-state index contributed by atoms with van der Waals surface area (Å²) < 4.78 is 0. The average molecular weight is 328 g/mol. The summed E-state index contributed by atoms with van der Waals surface area (Å²) >= 11 is 0. The Labute approximate surface area is 142 Å². The second kappa shape index (κ2) is 6.51. The van der Waals surface area contributed by atoms with Crippen LogP contribution in [0.3, 0.4) is 0 Å². The highest BCUT2D eigenvalue weighted by atomic mass is 16.2. The summed E-state index contributed by atoms with van der Waals surface area (Å²) in [5.41, 5.74) is 1.30. The molecule has 3 aliphatic rings. The number of carbonyl (C=O) groups is 2. The molecule has 128 valence electrons. The van der Waals surface area contributed by atoms with Gasteiger partial charge in [0.25, 0.3) is 5.91 Å². The predicted molar refractivity (Wildman–Crippen MR) is 89.4 cm³/mol. The van der Waals surface area contributed by atoms with Crippen LogP contribution in [-0.4, -0.2) is 69.9 Å². The van der Waals surface area contributed by atoms with Crippen molar-refractivity contribution >= 4 is 11.9 Å². The SMILES string of the molecule is O=C1[C@@H]2CCCN2C(=O)N1C1CCN(CCc2ccncc2)CC1. The Morgan fingerprint density at radius 2 is 1.79 bits per heavy atom. The van der Waals surface area contributed by atoms with E-state index in [4.69, 9.17) is 0 Å². The molecule has 0 bridgehead atoms. The van der Waals surface area contributed by atoms with Crippen molar-refractivity contribution in [3.63, 3.8) is 0 Å². The van der Waals surface area contributed by atoms with Crippen LogP contribution in [0, 0.1) is 0 Å². The topological polar surface area (TPSA) is 56.8 Å². The third-order valence-electron chi connectivity index (χ3n) is 5.62. The van der Waals surface area contributed by atoms with E-state index in [2.05, 4.69) is 22.0 Å². The van der Waals surface area contributed by atoms with Crippen molar-refractivity contribution < 1.29 is 9.59 Å². The van der Waals surface area contributed by atoms with Gasteiger partial charge in [0.2, 0.25) is 0 Å². The molecule has 0 spiro atoms. The Hall–Kier alpha value is -1.95. The summed E-state index contributed by atoms with van der Waals surface area (Å²) in [6.45, 7) is 3.68. The van der Waals surface area contributed by atoms with Crippen LogP contribution >= 0.6 is 0 Å². The molecule has 0 N–H and O–H groups in total. The van der Waals surface area contributed by atoms with Crippen molar-refractivity contribution in [3.05, 3.63) is 30.1 Å². The van der Waals surface area contributed by atoms with Crippen LogP contribution in [0.1, 0.15) is 31.2 Å². The molecule has 0 saturated carbocycles. The number of hydrogen-bond acceptors (Lipinski definition) is 4. The molecule has 4 rings (SSSR count). The Kier molecular flexibility index (Phi) is 4.22. The van der Waals surface area contributed by atoms with E-state index in [9.17, 15) is 9.59 Å². The lowest BCUT2D eigenvalue weighted by atomic mass is 10.0. The van der Waals surface area contributed by atoms with Gasteiger partial charge in [-0.15, -0.1) is 0 Å². The number of nitrogens with zero attached hydrogens (tertiary/aromatic N) is 4. The number of likely N-dealkylation sites (tertiary alicyclic amines) is 1. The number of pyridine rings is 1. The summed E-state index contributed by atoms with van der Waals surface area (Å²) in [4.78, 5) is 34.9. The number of aromatic nitrogens is 1. The highest BCUT2D eigenvalue weighted by Gasteiger charge is 2.49. The van der Waals surface area contributed by atoms with Crippen molar-refractivity contribution in [1.82, 2.24) is 19.7 Å². The highest BCUT2D eigenvalue weighted by molar-refractivity contribution is 6.04. The zero-order chi connectivity index (χ0) is 16.5. The van der Waals surface area contributed by atoms with E-state index in [1.54, 1.807) is 9.80 Å². The van der Waals surface area contributed by atoms with Gasteiger partial charge >= 0.3 is 6.03 Å². The molecule has 1 atom stereocenters. The average Bonchev–Trinajstić information content (AvgIpc) is 3.19. The first-order chi connectivity index (χ1) is 11.7. The molecule has 0 aliphatic carbocycles. The fourth-order valence-electron chi connectivity index (χ4n) is 4.22. The molecule has 6 heteroatoms. The molecule has 6 nitrogen and oxygen atoms in total. The van der Waals surface area contributed by atoms with Crippen LogP contribution in [0.2, 0.25) is 0 Å². The molecule has 0 unspecified atom stereocenters. The molecular formula is C18H24N4O2. The Bertz CT molecular complexity index is 591. The quantitative estimate of drug-likeness (QED) is 0.786. The second-order valence-electron chi connectivity index (χ2n) is 7.02. The van der Waals surface area contributed by atoms with Crippen LogP contribution in [0.25, 0.3) is 0 Å². The van der Waals surface area contributed by atoms with E-state index >= 15 is 0 Å². The van der Waals surface area contributed by atoms with Crippen LogP contribution in [-0.2, 0) is 11.2 Å². The Morgan fingerprint density at radius 3 is 2.50 bits per heavy atom. The molecule has 0 radical (unpaired) electrons. The van der Waals surface area contributed by atoms with E-state index in [0.29, 0.717) is 0 Å². The van der Waals surface area contributed by atoms with E-state index in [1.807, 2.05) is 12.4 Å². The number of piperidine rings is 1. The summed E-state index contributed by atoms with van der Waals surface area (Å²) in [5, 5.41) is 0. The minimum absolute atomic E-state index is 0.0438.